The van der Waals surface area contributed by atoms with Crippen molar-refractivity contribution < 1.29 is 28.8 Å². The van der Waals surface area contributed by atoms with Gasteiger partial charge in [0.15, 0.2) is 0 Å². The molecule has 0 aromatic heterocycles. The number of esters is 1. The molecule has 0 aromatic rings. The molecule has 0 saturated carbocycles. The van der Waals surface area contributed by atoms with Gasteiger partial charge in [0.05, 0.1) is 33.0 Å². The summed E-state index contributed by atoms with van der Waals surface area (Å²) >= 11 is 0. The van der Waals surface area contributed by atoms with Crippen molar-refractivity contribution in [3.05, 3.63) is 12.7 Å². The Kier molecular flexibility index (Phi) is 7.59. The van der Waals surface area contributed by atoms with E-state index in [4.69, 9.17) is 19.3 Å². The first-order valence-corrected chi connectivity index (χ1v) is 5.97. The molecule has 0 bridgehead atoms. The lowest BCUT2D eigenvalue weighted by atomic mass is 10.5. The number of hydrogen-bond donors (Lipinski definition) is 1. The Bertz CT molecular complexity index is 235. The normalized spacial score (nSPS) is 23.6. The zero-order valence-corrected chi connectivity index (χ0v) is 10.4. The topological polar surface area (TPSA) is 80.8 Å². The number of carbonyl (C=O) groups excluding carboxylic acids is 1. The van der Waals surface area contributed by atoms with Crippen LogP contribution in [0.4, 0.5) is 0 Å². The molecule has 2 fully saturated rings. The Hall–Kier alpha value is -0.950. The molecule has 104 valence electrons. The third-order valence-corrected chi connectivity index (χ3v) is 2.13. The van der Waals surface area contributed by atoms with Crippen LogP contribution in [0.3, 0.4) is 0 Å². The molecule has 2 unspecified atom stereocenters. The number of hydrogen-bond acceptors (Lipinski definition) is 6. The van der Waals surface area contributed by atoms with E-state index < -0.39 is 5.97 Å². The van der Waals surface area contributed by atoms with E-state index in [1.165, 1.54) is 0 Å². The van der Waals surface area contributed by atoms with E-state index in [9.17, 15) is 4.79 Å². The minimum absolute atomic E-state index is 0.0461. The van der Waals surface area contributed by atoms with Crippen LogP contribution in [0.2, 0.25) is 0 Å². The van der Waals surface area contributed by atoms with E-state index in [2.05, 4.69) is 11.3 Å². The maximum Gasteiger partial charge on any atom is 0.330 e. The number of ether oxygens (including phenoxy) is 4. The van der Waals surface area contributed by atoms with Crippen LogP contribution in [-0.2, 0) is 23.7 Å². The van der Waals surface area contributed by atoms with E-state index in [1.54, 1.807) is 0 Å². The number of carbonyl (C=O) groups is 1. The molecule has 2 aliphatic rings. The predicted octanol–water partition coefficient (Wildman–Crippen LogP) is -0.101. The molecule has 1 N–H and O–H groups in total. The van der Waals surface area contributed by atoms with Crippen LogP contribution >= 0.6 is 0 Å². The van der Waals surface area contributed by atoms with E-state index >= 15 is 0 Å². The van der Waals surface area contributed by atoms with Crippen LogP contribution in [0, 0.1) is 0 Å². The monoisotopic (exact) mass is 260 g/mol. The molecular formula is C12H20O6. The SMILES string of the molecule is C(OCC1CO1)C1CO1.C=CC(=O)OCCCO. The third kappa shape index (κ3) is 9.12. The quantitative estimate of drug-likeness (QED) is 0.284. The van der Waals surface area contributed by atoms with Gasteiger partial charge < -0.3 is 24.1 Å². The smallest absolute Gasteiger partial charge is 0.330 e. The van der Waals surface area contributed by atoms with Gasteiger partial charge in [0.25, 0.3) is 0 Å². The van der Waals surface area contributed by atoms with Gasteiger partial charge in [-0.15, -0.1) is 0 Å². The molecule has 18 heavy (non-hydrogen) atoms. The second kappa shape index (κ2) is 9.04. The van der Waals surface area contributed by atoms with Gasteiger partial charge in [-0.05, 0) is 0 Å². The second-order valence-electron chi connectivity index (χ2n) is 3.90. The average Bonchev–Trinajstić information content (AvgIpc) is 3.24. The van der Waals surface area contributed by atoms with E-state index in [1.807, 2.05) is 0 Å². The number of aliphatic hydroxyl groups excluding tert-OH is 1. The molecule has 0 spiro atoms. The highest BCUT2D eigenvalue weighted by atomic mass is 16.6. The van der Waals surface area contributed by atoms with Gasteiger partial charge in [-0.25, -0.2) is 4.79 Å². The van der Waals surface area contributed by atoms with Crippen molar-refractivity contribution in [3.63, 3.8) is 0 Å². The molecule has 0 aromatic carbocycles. The molecular weight excluding hydrogens is 240 g/mol. The lowest BCUT2D eigenvalue weighted by molar-refractivity contribution is -0.137. The van der Waals surface area contributed by atoms with Gasteiger partial charge in [-0.3, -0.25) is 0 Å². The Labute approximate surface area is 106 Å². The van der Waals surface area contributed by atoms with E-state index in [0.717, 1.165) is 32.5 Å². The van der Waals surface area contributed by atoms with Gasteiger partial charge in [0.1, 0.15) is 12.2 Å². The molecule has 2 heterocycles. The van der Waals surface area contributed by atoms with E-state index in [0.29, 0.717) is 18.6 Å². The molecule has 2 aliphatic heterocycles. The molecule has 2 saturated heterocycles. The van der Waals surface area contributed by atoms with Crippen molar-refractivity contribution in [2.45, 2.75) is 18.6 Å². The highest BCUT2D eigenvalue weighted by molar-refractivity contribution is 5.81. The first-order valence-electron chi connectivity index (χ1n) is 5.97. The Morgan fingerprint density at radius 1 is 1.33 bits per heavy atom. The molecule has 2 rings (SSSR count). The van der Waals surface area contributed by atoms with Crippen molar-refractivity contribution in [2.24, 2.45) is 0 Å². The van der Waals surface area contributed by atoms with Crippen molar-refractivity contribution in [2.75, 3.05) is 39.6 Å². The summed E-state index contributed by atoms with van der Waals surface area (Å²) in [5.74, 6) is -0.441. The van der Waals surface area contributed by atoms with Crippen LogP contribution in [0.15, 0.2) is 12.7 Å². The summed E-state index contributed by atoms with van der Waals surface area (Å²) in [6.45, 7) is 6.77. The van der Waals surface area contributed by atoms with Crippen LogP contribution in [-0.4, -0.2) is 62.9 Å². The summed E-state index contributed by atoms with van der Waals surface area (Å²) in [6, 6.07) is 0. The minimum atomic E-state index is -0.441. The summed E-state index contributed by atoms with van der Waals surface area (Å²) in [5.41, 5.74) is 0. The van der Waals surface area contributed by atoms with Crippen molar-refractivity contribution in [3.8, 4) is 0 Å². The van der Waals surface area contributed by atoms with Crippen LogP contribution < -0.4 is 0 Å². The third-order valence-electron chi connectivity index (χ3n) is 2.13. The molecule has 0 radical (unpaired) electrons. The van der Waals surface area contributed by atoms with Gasteiger partial charge >= 0.3 is 5.97 Å². The highest BCUT2D eigenvalue weighted by Gasteiger charge is 2.26. The average molecular weight is 260 g/mol. The standard InChI is InChI=1S/2C6H10O3/c1(5-3-8-5)7-2-6-4-9-6;1-2-6(8)9-5-3-4-7/h5-6H,1-4H2;2,7H,1,3-5H2. The zero-order valence-electron chi connectivity index (χ0n) is 10.4. The number of rotatable bonds is 8. The highest BCUT2D eigenvalue weighted by Crippen LogP contribution is 2.12. The summed E-state index contributed by atoms with van der Waals surface area (Å²) in [6.07, 6.45) is 2.37. The lowest BCUT2D eigenvalue weighted by Gasteiger charge is -1.96. The Morgan fingerprint density at radius 2 is 1.89 bits per heavy atom. The van der Waals surface area contributed by atoms with Crippen molar-refractivity contribution in [1.29, 1.82) is 0 Å². The van der Waals surface area contributed by atoms with Gasteiger partial charge in [-0.2, -0.15) is 0 Å². The van der Waals surface area contributed by atoms with Crippen molar-refractivity contribution >= 4 is 5.97 Å². The maximum absolute atomic E-state index is 10.3. The first kappa shape index (κ1) is 15.1. The van der Waals surface area contributed by atoms with Crippen LogP contribution in [0.25, 0.3) is 0 Å². The molecule has 0 amide bonds. The molecule has 6 heteroatoms. The summed E-state index contributed by atoms with van der Waals surface area (Å²) in [7, 11) is 0. The fourth-order valence-electron chi connectivity index (χ4n) is 0.956. The lowest BCUT2D eigenvalue weighted by Crippen LogP contribution is -2.06. The van der Waals surface area contributed by atoms with E-state index in [-0.39, 0.29) is 13.2 Å². The maximum atomic E-state index is 10.3. The first-order chi connectivity index (χ1) is 8.76. The summed E-state index contributed by atoms with van der Waals surface area (Å²) in [5, 5.41) is 8.23. The molecule has 0 aliphatic carbocycles. The Balaban J connectivity index is 0.000000180. The number of aliphatic hydroxyl groups is 1. The fourth-order valence-corrected chi connectivity index (χ4v) is 0.956. The van der Waals surface area contributed by atoms with Crippen molar-refractivity contribution in [1.82, 2.24) is 0 Å². The van der Waals surface area contributed by atoms with Gasteiger partial charge in [0, 0.05) is 19.1 Å². The van der Waals surface area contributed by atoms with Gasteiger partial charge in [-0.1, -0.05) is 6.58 Å². The largest absolute Gasteiger partial charge is 0.462 e. The second-order valence-corrected chi connectivity index (χ2v) is 3.90. The Morgan fingerprint density at radius 3 is 2.28 bits per heavy atom. The number of epoxide rings is 2. The predicted molar refractivity (Wildman–Crippen MR) is 63.2 cm³/mol. The minimum Gasteiger partial charge on any atom is -0.462 e. The van der Waals surface area contributed by atoms with Crippen LogP contribution in [0.5, 0.6) is 0 Å². The molecule has 6 nitrogen and oxygen atoms in total. The summed E-state index contributed by atoms with van der Waals surface area (Å²) in [4.78, 5) is 10.3. The zero-order chi connectivity index (χ0) is 13.2. The molecule has 2 atom stereocenters. The fraction of sp³-hybridized carbons (Fsp3) is 0.750. The summed E-state index contributed by atoms with van der Waals surface area (Å²) < 4.78 is 19.6. The van der Waals surface area contributed by atoms with Gasteiger partial charge in [0.2, 0.25) is 0 Å². The van der Waals surface area contributed by atoms with Crippen LogP contribution in [0.1, 0.15) is 6.42 Å².